The van der Waals surface area contributed by atoms with Crippen molar-refractivity contribution in [3.63, 3.8) is 0 Å². The van der Waals surface area contributed by atoms with Gasteiger partial charge in [0.1, 0.15) is 0 Å². The first kappa shape index (κ1) is 12.9. The van der Waals surface area contributed by atoms with Crippen LogP contribution in [0.15, 0.2) is 54.6 Å². The highest BCUT2D eigenvalue weighted by atomic mass is 16.7. The molecule has 0 unspecified atom stereocenters. The molecule has 0 aliphatic carbocycles. The van der Waals surface area contributed by atoms with Gasteiger partial charge < -0.3 is 9.31 Å². The lowest BCUT2D eigenvalue weighted by molar-refractivity contribution is 0.137. The van der Waals surface area contributed by atoms with Gasteiger partial charge in [0, 0.05) is 0 Å². The summed E-state index contributed by atoms with van der Waals surface area (Å²) in [6, 6.07) is 19.3. The van der Waals surface area contributed by atoms with E-state index in [0.717, 1.165) is 5.46 Å². The van der Waals surface area contributed by atoms with Crippen LogP contribution in [-0.2, 0) is 9.31 Å². The molecular weight excluding hydrogens is 259 g/mol. The number of fused-ring (bicyclic) bond motifs is 3. The lowest BCUT2D eigenvalue weighted by Crippen LogP contribution is -2.34. The Balaban J connectivity index is 1.82. The molecule has 4 rings (SSSR count). The maximum Gasteiger partial charge on any atom is 0.494 e. The third-order valence-electron chi connectivity index (χ3n) is 4.05. The Labute approximate surface area is 124 Å². The maximum atomic E-state index is 5.95. The Morgan fingerprint density at radius 1 is 0.905 bits per heavy atom. The van der Waals surface area contributed by atoms with Crippen LogP contribution in [0.2, 0.25) is 0 Å². The predicted molar refractivity (Wildman–Crippen MR) is 88.0 cm³/mol. The third kappa shape index (κ3) is 2.23. The molecule has 104 valence electrons. The maximum absolute atomic E-state index is 5.95. The summed E-state index contributed by atoms with van der Waals surface area (Å²) >= 11 is 0. The summed E-state index contributed by atoms with van der Waals surface area (Å²) in [5, 5.41) is 5.06. The lowest BCUT2D eigenvalue weighted by atomic mass is 9.78. The van der Waals surface area contributed by atoms with Crippen LogP contribution >= 0.6 is 0 Å². The molecule has 0 aromatic heterocycles. The monoisotopic (exact) mass is 276 g/mol. The SMILES string of the molecule is CC1(C)COB(c2ccc3c(ccc4ccccc43)c2)O1. The van der Waals surface area contributed by atoms with E-state index < -0.39 is 0 Å². The fraction of sp³-hybridized carbons (Fsp3) is 0.222. The van der Waals surface area contributed by atoms with Gasteiger partial charge in [-0.25, -0.2) is 0 Å². The first-order chi connectivity index (χ1) is 10.1. The molecule has 0 saturated carbocycles. The molecule has 0 radical (unpaired) electrons. The van der Waals surface area contributed by atoms with Gasteiger partial charge in [0.2, 0.25) is 0 Å². The highest BCUT2D eigenvalue weighted by molar-refractivity contribution is 6.62. The summed E-state index contributed by atoms with van der Waals surface area (Å²) in [6.45, 7) is 4.75. The van der Waals surface area contributed by atoms with Gasteiger partial charge >= 0.3 is 7.12 Å². The number of hydrogen-bond acceptors (Lipinski definition) is 2. The Bertz CT molecular complexity index is 826. The first-order valence-electron chi connectivity index (χ1n) is 7.33. The number of rotatable bonds is 1. The molecule has 1 heterocycles. The van der Waals surface area contributed by atoms with E-state index in [1.54, 1.807) is 0 Å². The lowest BCUT2D eigenvalue weighted by Gasteiger charge is -2.15. The van der Waals surface area contributed by atoms with Crippen molar-refractivity contribution in [3.8, 4) is 0 Å². The van der Waals surface area contributed by atoms with Crippen LogP contribution in [0.1, 0.15) is 13.8 Å². The van der Waals surface area contributed by atoms with Crippen molar-refractivity contribution in [1.29, 1.82) is 0 Å². The predicted octanol–water partition coefficient (Wildman–Crippen LogP) is 3.51. The second kappa shape index (κ2) is 4.59. The zero-order chi connectivity index (χ0) is 14.4. The zero-order valence-electron chi connectivity index (χ0n) is 12.3. The average Bonchev–Trinajstić information content (AvgIpc) is 2.87. The van der Waals surface area contributed by atoms with Crippen LogP contribution < -0.4 is 5.46 Å². The molecule has 2 nitrogen and oxygen atoms in total. The van der Waals surface area contributed by atoms with Gasteiger partial charge in [-0.2, -0.15) is 0 Å². The van der Waals surface area contributed by atoms with Gasteiger partial charge in [-0.05, 0) is 40.9 Å². The van der Waals surface area contributed by atoms with Crippen LogP contribution in [0.4, 0.5) is 0 Å². The molecule has 0 bridgehead atoms. The van der Waals surface area contributed by atoms with Crippen molar-refractivity contribution in [2.45, 2.75) is 19.4 Å². The van der Waals surface area contributed by atoms with Crippen molar-refractivity contribution < 1.29 is 9.31 Å². The van der Waals surface area contributed by atoms with Gasteiger partial charge in [0.25, 0.3) is 0 Å². The standard InChI is InChI=1S/C18H17BO2/c1-18(2)12-20-19(21-18)15-9-10-17-14(11-15)8-7-13-5-3-4-6-16(13)17/h3-11H,12H2,1-2H3. The van der Waals surface area contributed by atoms with E-state index >= 15 is 0 Å². The summed E-state index contributed by atoms with van der Waals surface area (Å²) < 4.78 is 11.7. The van der Waals surface area contributed by atoms with E-state index in [0.29, 0.717) is 6.61 Å². The molecule has 1 aliphatic heterocycles. The summed E-state index contributed by atoms with van der Waals surface area (Å²) in [4.78, 5) is 0. The third-order valence-corrected chi connectivity index (χ3v) is 4.05. The minimum atomic E-state index is -0.254. The second-order valence-electron chi connectivity index (χ2n) is 6.29. The van der Waals surface area contributed by atoms with E-state index in [4.69, 9.17) is 9.31 Å². The Kier molecular flexibility index (Phi) is 2.81. The molecule has 3 aromatic rings. The van der Waals surface area contributed by atoms with Crippen LogP contribution in [0.25, 0.3) is 21.5 Å². The molecule has 0 amide bonds. The smallest absolute Gasteiger partial charge is 0.404 e. The van der Waals surface area contributed by atoms with E-state index in [1.807, 2.05) is 0 Å². The molecular formula is C18H17BO2. The quantitative estimate of drug-likeness (QED) is 0.500. The number of benzene rings is 3. The van der Waals surface area contributed by atoms with Crippen molar-refractivity contribution in [1.82, 2.24) is 0 Å². The fourth-order valence-electron chi connectivity index (χ4n) is 2.98. The van der Waals surface area contributed by atoms with Crippen molar-refractivity contribution in [2.75, 3.05) is 6.61 Å². The molecule has 1 saturated heterocycles. The minimum Gasteiger partial charge on any atom is -0.404 e. The van der Waals surface area contributed by atoms with Gasteiger partial charge in [-0.15, -0.1) is 0 Å². The molecule has 0 atom stereocenters. The molecule has 1 fully saturated rings. The van der Waals surface area contributed by atoms with Crippen LogP contribution in [0, 0.1) is 0 Å². The highest BCUT2D eigenvalue weighted by Crippen LogP contribution is 2.25. The molecule has 21 heavy (non-hydrogen) atoms. The molecule has 3 aromatic carbocycles. The van der Waals surface area contributed by atoms with Crippen LogP contribution in [0.5, 0.6) is 0 Å². The summed E-state index contributed by atoms with van der Waals surface area (Å²) in [6.07, 6.45) is 0. The van der Waals surface area contributed by atoms with E-state index in [2.05, 4.69) is 68.4 Å². The van der Waals surface area contributed by atoms with E-state index in [-0.39, 0.29) is 12.7 Å². The van der Waals surface area contributed by atoms with E-state index in [9.17, 15) is 0 Å². The fourth-order valence-corrected chi connectivity index (χ4v) is 2.98. The molecule has 0 N–H and O–H groups in total. The van der Waals surface area contributed by atoms with Crippen LogP contribution in [-0.4, -0.2) is 19.3 Å². The molecule has 3 heteroatoms. The topological polar surface area (TPSA) is 18.5 Å². The minimum absolute atomic E-state index is 0.205. The zero-order valence-corrected chi connectivity index (χ0v) is 12.3. The number of hydrogen-bond donors (Lipinski definition) is 0. The Morgan fingerprint density at radius 2 is 1.67 bits per heavy atom. The van der Waals surface area contributed by atoms with Gasteiger partial charge in [0.05, 0.1) is 12.2 Å². The molecule has 0 spiro atoms. The first-order valence-corrected chi connectivity index (χ1v) is 7.33. The summed E-state index contributed by atoms with van der Waals surface area (Å²) in [5.41, 5.74) is 0.881. The summed E-state index contributed by atoms with van der Waals surface area (Å²) in [5.74, 6) is 0. The van der Waals surface area contributed by atoms with Crippen molar-refractivity contribution in [2.24, 2.45) is 0 Å². The normalized spacial score (nSPS) is 17.7. The Morgan fingerprint density at radius 3 is 2.48 bits per heavy atom. The highest BCUT2D eigenvalue weighted by Gasteiger charge is 2.38. The summed E-state index contributed by atoms with van der Waals surface area (Å²) in [7, 11) is -0.254. The van der Waals surface area contributed by atoms with Crippen molar-refractivity contribution >= 4 is 34.1 Å². The average molecular weight is 276 g/mol. The largest absolute Gasteiger partial charge is 0.494 e. The molecule has 1 aliphatic rings. The Hall–Kier alpha value is -1.84. The van der Waals surface area contributed by atoms with Crippen molar-refractivity contribution in [3.05, 3.63) is 54.6 Å². The second-order valence-corrected chi connectivity index (χ2v) is 6.29. The van der Waals surface area contributed by atoms with E-state index in [1.165, 1.54) is 21.5 Å². The van der Waals surface area contributed by atoms with Gasteiger partial charge in [0.15, 0.2) is 0 Å². The van der Waals surface area contributed by atoms with Crippen LogP contribution in [0.3, 0.4) is 0 Å². The van der Waals surface area contributed by atoms with Gasteiger partial charge in [-0.1, -0.05) is 54.6 Å². The van der Waals surface area contributed by atoms with Gasteiger partial charge in [-0.3, -0.25) is 0 Å².